The molecule has 0 radical (unpaired) electrons. The smallest absolute Gasteiger partial charge is 0.226 e. The van der Waals surface area contributed by atoms with Gasteiger partial charge < -0.3 is 0 Å². The molecule has 2 aromatic rings. The van der Waals surface area contributed by atoms with Gasteiger partial charge in [-0.15, -0.1) is 0 Å². The van der Waals surface area contributed by atoms with Crippen LogP contribution in [0.15, 0.2) is 12.1 Å². The molecule has 0 saturated carbocycles. The van der Waals surface area contributed by atoms with Gasteiger partial charge in [-0.05, 0) is 18.6 Å². The number of fused-ring (bicyclic) bond motifs is 1. The monoisotopic (exact) mass is 262 g/mol. The maximum atomic E-state index is 12.5. The molecule has 0 saturated heterocycles. The minimum atomic E-state index is -2.77. The number of hydrogen-bond acceptors (Lipinski definition) is 2. The second-order valence-electron chi connectivity index (χ2n) is 3.26. The second kappa shape index (κ2) is 4.11. The minimum absolute atomic E-state index is 0.000278. The Hall–Kier alpha value is -1.00. The van der Waals surface area contributed by atoms with E-state index < -0.39 is 12.2 Å². The van der Waals surface area contributed by atoms with Crippen molar-refractivity contribution in [1.29, 1.82) is 0 Å². The highest BCUT2D eigenvalue weighted by Gasteiger charge is 2.16. The van der Waals surface area contributed by atoms with Crippen molar-refractivity contribution in [3.05, 3.63) is 33.7 Å². The molecule has 0 aliphatic heterocycles. The molecule has 0 aliphatic rings. The van der Waals surface area contributed by atoms with Gasteiger partial charge in [-0.2, -0.15) is 0 Å². The number of nitrogens with zero attached hydrogens (tertiary/aromatic N) is 2. The van der Waals surface area contributed by atoms with Gasteiger partial charge in [0.05, 0.1) is 10.5 Å². The Morgan fingerprint density at radius 1 is 1.19 bits per heavy atom. The van der Waals surface area contributed by atoms with Gasteiger partial charge in [-0.1, -0.05) is 29.3 Å². The first-order chi connectivity index (χ1) is 7.50. The Balaban J connectivity index is 2.86. The van der Waals surface area contributed by atoms with Crippen molar-refractivity contribution in [2.75, 3.05) is 0 Å². The van der Waals surface area contributed by atoms with Gasteiger partial charge in [0.1, 0.15) is 5.15 Å². The second-order valence-corrected chi connectivity index (χ2v) is 4.03. The molecule has 0 bridgehead atoms. The highest BCUT2D eigenvalue weighted by atomic mass is 35.5. The number of alkyl halides is 2. The van der Waals surface area contributed by atoms with Crippen LogP contribution in [0.5, 0.6) is 0 Å². The van der Waals surface area contributed by atoms with Crippen LogP contribution < -0.4 is 0 Å². The van der Waals surface area contributed by atoms with E-state index in [2.05, 4.69) is 9.97 Å². The molecule has 0 atom stereocenters. The van der Waals surface area contributed by atoms with Crippen molar-refractivity contribution < 1.29 is 8.78 Å². The first kappa shape index (κ1) is 11.5. The summed E-state index contributed by atoms with van der Waals surface area (Å²) in [5.41, 5.74) is 1.06. The quantitative estimate of drug-likeness (QED) is 0.721. The average Bonchev–Trinajstić information content (AvgIpc) is 2.22. The Bertz CT molecular complexity index is 558. The third-order valence-electron chi connectivity index (χ3n) is 2.18. The average molecular weight is 263 g/mol. The molecule has 84 valence electrons. The molecule has 16 heavy (non-hydrogen) atoms. The molecule has 0 fully saturated rings. The van der Waals surface area contributed by atoms with E-state index in [9.17, 15) is 8.78 Å². The number of aryl methyl sites for hydroxylation is 1. The van der Waals surface area contributed by atoms with Gasteiger partial charge in [0, 0.05) is 5.39 Å². The van der Waals surface area contributed by atoms with Crippen LogP contribution in [0, 0.1) is 6.92 Å². The van der Waals surface area contributed by atoms with Gasteiger partial charge in [-0.25, -0.2) is 18.7 Å². The van der Waals surface area contributed by atoms with Crippen LogP contribution in [0.2, 0.25) is 10.2 Å². The first-order valence-electron chi connectivity index (χ1n) is 4.41. The SMILES string of the molecule is Cc1ccc(Cl)c2nc(C(F)F)nc(Cl)c12. The number of aromatic nitrogens is 2. The van der Waals surface area contributed by atoms with Crippen molar-refractivity contribution in [2.45, 2.75) is 13.3 Å². The zero-order chi connectivity index (χ0) is 11.9. The number of benzene rings is 1. The Kier molecular flexibility index (Phi) is 2.95. The molecule has 2 nitrogen and oxygen atoms in total. The Morgan fingerprint density at radius 3 is 2.50 bits per heavy atom. The van der Waals surface area contributed by atoms with Crippen molar-refractivity contribution in [3.63, 3.8) is 0 Å². The molecular formula is C10H6Cl2F2N2. The first-order valence-corrected chi connectivity index (χ1v) is 5.16. The molecule has 2 rings (SSSR count). The molecule has 1 aromatic carbocycles. The van der Waals surface area contributed by atoms with Crippen LogP contribution in [-0.4, -0.2) is 9.97 Å². The van der Waals surface area contributed by atoms with Gasteiger partial charge in [0.25, 0.3) is 6.43 Å². The summed E-state index contributed by atoms with van der Waals surface area (Å²) in [5.74, 6) is -0.606. The topological polar surface area (TPSA) is 25.8 Å². The highest BCUT2D eigenvalue weighted by Crippen LogP contribution is 2.31. The zero-order valence-electron chi connectivity index (χ0n) is 8.14. The van der Waals surface area contributed by atoms with Crippen molar-refractivity contribution in [1.82, 2.24) is 9.97 Å². The third kappa shape index (κ3) is 1.83. The molecule has 6 heteroatoms. The van der Waals surface area contributed by atoms with E-state index in [4.69, 9.17) is 23.2 Å². The third-order valence-corrected chi connectivity index (χ3v) is 2.76. The van der Waals surface area contributed by atoms with Gasteiger partial charge in [-0.3, -0.25) is 0 Å². The Labute approximate surface area is 100 Å². The summed E-state index contributed by atoms with van der Waals surface area (Å²) in [6.45, 7) is 1.79. The summed E-state index contributed by atoms with van der Waals surface area (Å²) < 4.78 is 25.0. The predicted molar refractivity (Wildman–Crippen MR) is 59.3 cm³/mol. The van der Waals surface area contributed by atoms with Crippen LogP contribution in [-0.2, 0) is 0 Å². The lowest BCUT2D eigenvalue weighted by Crippen LogP contribution is -1.98. The van der Waals surface area contributed by atoms with E-state index in [-0.39, 0.29) is 15.7 Å². The van der Waals surface area contributed by atoms with E-state index in [1.165, 1.54) is 0 Å². The van der Waals surface area contributed by atoms with Crippen molar-refractivity contribution in [2.24, 2.45) is 0 Å². The summed E-state index contributed by atoms with van der Waals surface area (Å²) in [6.07, 6.45) is -2.77. The standard InChI is InChI=1S/C10H6Cl2F2N2/c1-4-2-3-5(11)7-6(4)8(12)16-10(15-7)9(13)14/h2-3,9H,1H3. The van der Waals surface area contributed by atoms with Crippen LogP contribution >= 0.6 is 23.2 Å². The van der Waals surface area contributed by atoms with E-state index >= 15 is 0 Å². The van der Waals surface area contributed by atoms with Gasteiger partial charge >= 0.3 is 0 Å². The molecule has 0 spiro atoms. The molecule has 0 N–H and O–H groups in total. The lowest BCUT2D eigenvalue weighted by Gasteiger charge is -2.07. The number of hydrogen-bond donors (Lipinski definition) is 0. The maximum absolute atomic E-state index is 12.5. The van der Waals surface area contributed by atoms with Crippen LogP contribution in [0.4, 0.5) is 8.78 Å². The van der Waals surface area contributed by atoms with Crippen LogP contribution in [0.1, 0.15) is 17.8 Å². The van der Waals surface area contributed by atoms with E-state index in [1.54, 1.807) is 19.1 Å². The molecular weight excluding hydrogens is 257 g/mol. The zero-order valence-corrected chi connectivity index (χ0v) is 9.65. The van der Waals surface area contributed by atoms with Crippen LogP contribution in [0.3, 0.4) is 0 Å². The van der Waals surface area contributed by atoms with Gasteiger partial charge in [0.2, 0.25) is 0 Å². The molecule has 0 aliphatic carbocycles. The maximum Gasteiger partial charge on any atom is 0.297 e. The summed E-state index contributed by atoms with van der Waals surface area (Å²) in [4.78, 5) is 7.27. The predicted octanol–water partition coefficient (Wildman–Crippen LogP) is 4.18. The lowest BCUT2D eigenvalue weighted by atomic mass is 10.1. The van der Waals surface area contributed by atoms with Gasteiger partial charge in [0.15, 0.2) is 5.82 Å². The fraction of sp³-hybridized carbons (Fsp3) is 0.200. The largest absolute Gasteiger partial charge is 0.297 e. The molecule has 1 aromatic heterocycles. The van der Waals surface area contributed by atoms with Crippen molar-refractivity contribution in [3.8, 4) is 0 Å². The fourth-order valence-corrected chi connectivity index (χ4v) is 1.95. The Morgan fingerprint density at radius 2 is 1.88 bits per heavy atom. The number of rotatable bonds is 1. The molecule has 0 unspecified atom stereocenters. The van der Waals surface area contributed by atoms with Crippen LogP contribution in [0.25, 0.3) is 10.9 Å². The normalized spacial score (nSPS) is 11.4. The minimum Gasteiger partial charge on any atom is -0.226 e. The highest BCUT2D eigenvalue weighted by molar-refractivity contribution is 6.38. The molecule has 0 amide bonds. The van der Waals surface area contributed by atoms with E-state index in [0.717, 1.165) is 5.56 Å². The lowest BCUT2D eigenvalue weighted by molar-refractivity contribution is 0.141. The summed E-state index contributed by atoms with van der Waals surface area (Å²) in [5, 5.41) is 0.797. The van der Waals surface area contributed by atoms with E-state index in [1.807, 2.05) is 0 Å². The van der Waals surface area contributed by atoms with E-state index in [0.29, 0.717) is 5.39 Å². The fourth-order valence-electron chi connectivity index (χ4n) is 1.43. The number of halogens is 4. The summed E-state index contributed by atoms with van der Waals surface area (Å²) in [6, 6.07) is 3.33. The summed E-state index contributed by atoms with van der Waals surface area (Å²) in [7, 11) is 0. The summed E-state index contributed by atoms with van der Waals surface area (Å²) >= 11 is 11.7. The van der Waals surface area contributed by atoms with Crippen molar-refractivity contribution >= 4 is 34.1 Å². The molecule has 1 heterocycles.